The zero-order valence-electron chi connectivity index (χ0n) is 18.8. The molecule has 7 nitrogen and oxygen atoms in total. The third kappa shape index (κ3) is 6.47. The van der Waals surface area contributed by atoms with E-state index >= 15 is 0 Å². The number of nitrogens with one attached hydrogen (secondary N) is 1. The molecular formula is C24H35N3O4. The van der Waals surface area contributed by atoms with E-state index in [4.69, 9.17) is 9.15 Å². The molecule has 2 aromatic rings. The number of rotatable bonds is 12. The van der Waals surface area contributed by atoms with Crippen molar-refractivity contribution >= 4 is 11.8 Å². The Morgan fingerprint density at radius 1 is 1.26 bits per heavy atom. The number of carbonyl (C=O) groups is 2. The van der Waals surface area contributed by atoms with Gasteiger partial charge < -0.3 is 23.9 Å². The van der Waals surface area contributed by atoms with Crippen LogP contribution in [-0.2, 0) is 22.6 Å². The predicted octanol–water partition coefficient (Wildman–Crippen LogP) is 3.82. The molecule has 7 heteroatoms. The SMILES string of the molecule is CCCN(Cc1cccn1Cc1ccc(C(=O)NCCCOC)o1)C(=O)C1CCCC1. The van der Waals surface area contributed by atoms with Crippen molar-refractivity contribution in [2.75, 3.05) is 26.8 Å². The molecule has 0 radical (unpaired) electrons. The van der Waals surface area contributed by atoms with Gasteiger partial charge in [0.1, 0.15) is 5.76 Å². The van der Waals surface area contributed by atoms with E-state index in [9.17, 15) is 9.59 Å². The Hall–Kier alpha value is -2.54. The molecule has 0 aliphatic heterocycles. The van der Waals surface area contributed by atoms with Gasteiger partial charge in [0.05, 0.1) is 13.1 Å². The van der Waals surface area contributed by atoms with Crippen LogP contribution < -0.4 is 5.32 Å². The summed E-state index contributed by atoms with van der Waals surface area (Å²) in [6.07, 6.45) is 8.05. The van der Waals surface area contributed by atoms with Crippen LogP contribution in [0, 0.1) is 5.92 Å². The average molecular weight is 430 g/mol. The first-order chi connectivity index (χ1) is 15.1. The molecule has 3 rings (SSSR count). The quantitative estimate of drug-likeness (QED) is 0.520. The van der Waals surface area contributed by atoms with Gasteiger partial charge in [-0.15, -0.1) is 0 Å². The Morgan fingerprint density at radius 2 is 2.06 bits per heavy atom. The molecule has 2 aromatic heterocycles. The van der Waals surface area contributed by atoms with Crippen molar-refractivity contribution in [1.82, 2.24) is 14.8 Å². The zero-order valence-corrected chi connectivity index (χ0v) is 18.8. The highest BCUT2D eigenvalue weighted by Crippen LogP contribution is 2.27. The van der Waals surface area contributed by atoms with Crippen molar-refractivity contribution in [1.29, 1.82) is 0 Å². The van der Waals surface area contributed by atoms with Crippen molar-refractivity contribution in [2.45, 2.75) is 58.5 Å². The Kier molecular flexibility index (Phi) is 8.76. The number of nitrogens with zero attached hydrogens (tertiary/aromatic N) is 2. The van der Waals surface area contributed by atoms with E-state index < -0.39 is 0 Å². The first-order valence-electron chi connectivity index (χ1n) is 11.4. The Bertz CT molecular complexity index is 836. The molecular weight excluding hydrogens is 394 g/mol. The molecule has 0 aromatic carbocycles. The maximum absolute atomic E-state index is 13.0. The summed E-state index contributed by atoms with van der Waals surface area (Å²) in [5.74, 6) is 1.28. The average Bonchev–Trinajstić information content (AvgIpc) is 3.53. The van der Waals surface area contributed by atoms with Crippen molar-refractivity contribution in [3.63, 3.8) is 0 Å². The van der Waals surface area contributed by atoms with Crippen LogP contribution in [0.4, 0.5) is 0 Å². The predicted molar refractivity (Wildman–Crippen MR) is 119 cm³/mol. The van der Waals surface area contributed by atoms with Crippen molar-refractivity contribution < 1.29 is 18.7 Å². The minimum absolute atomic E-state index is 0.185. The van der Waals surface area contributed by atoms with E-state index in [-0.39, 0.29) is 17.7 Å². The molecule has 31 heavy (non-hydrogen) atoms. The summed E-state index contributed by atoms with van der Waals surface area (Å²) >= 11 is 0. The van der Waals surface area contributed by atoms with E-state index in [2.05, 4.69) is 22.9 Å². The first-order valence-corrected chi connectivity index (χ1v) is 11.4. The van der Waals surface area contributed by atoms with Gasteiger partial charge in [-0.1, -0.05) is 19.8 Å². The number of hydrogen-bond acceptors (Lipinski definition) is 4. The lowest BCUT2D eigenvalue weighted by Gasteiger charge is -2.26. The van der Waals surface area contributed by atoms with Gasteiger partial charge in [-0.05, 0) is 49.9 Å². The van der Waals surface area contributed by atoms with Gasteiger partial charge in [0.15, 0.2) is 5.76 Å². The zero-order chi connectivity index (χ0) is 22.1. The van der Waals surface area contributed by atoms with Gasteiger partial charge in [0.25, 0.3) is 5.91 Å². The van der Waals surface area contributed by atoms with Crippen LogP contribution in [0.15, 0.2) is 34.9 Å². The first kappa shape index (κ1) is 23.1. The topological polar surface area (TPSA) is 76.7 Å². The smallest absolute Gasteiger partial charge is 0.286 e. The van der Waals surface area contributed by atoms with Crippen LogP contribution in [0.2, 0.25) is 0 Å². The highest BCUT2D eigenvalue weighted by atomic mass is 16.5. The standard InChI is InChI=1S/C24H35N3O4/c1-3-14-27(24(29)19-8-4-5-9-19)17-20-10-6-15-26(20)18-21-11-12-22(31-21)23(28)25-13-7-16-30-2/h6,10-12,15,19H,3-5,7-9,13-14,16-18H2,1-2H3,(H,25,28). The monoisotopic (exact) mass is 429 g/mol. The van der Waals surface area contributed by atoms with E-state index in [0.29, 0.717) is 37.8 Å². The maximum atomic E-state index is 13.0. The second-order valence-electron chi connectivity index (χ2n) is 8.24. The third-order valence-electron chi connectivity index (χ3n) is 5.81. The van der Waals surface area contributed by atoms with E-state index in [1.54, 1.807) is 13.2 Å². The molecule has 0 spiro atoms. The number of methoxy groups -OCH3 is 1. The largest absolute Gasteiger partial charge is 0.454 e. The van der Waals surface area contributed by atoms with Crippen molar-refractivity contribution in [3.8, 4) is 0 Å². The second kappa shape index (κ2) is 11.7. The molecule has 2 amide bonds. The molecule has 0 unspecified atom stereocenters. The number of hydrogen-bond donors (Lipinski definition) is 1. The minimum Gasteiger partial charge on any atom is -0.454 e. The summed E-state index contributed by atoms with van der Waals surface area (Å²) in [6, 6.07) is 7.58. The molecule has 1 aliphatic carbocycles. The number of furan rings is 1. The van der Waals surface area contributed by atoms with Crippen LogP contribution in [0.3, 0.4) is 0 Å². The fourth-order valence-corrected chi connectivity index (χ4v) is 4.17. The van der Waals surface area contributed by atoms with Crippen LogP contribution in [0.5, 0.6) is 0 Å². The highest BCUT2D eigenvalue weighted by molar-refractivity contribution is 5.91. The summed E-state index contributed by atoms with van der Waals surface area (Å²) in [5.41, 5.74) is 1.07. The van der Waals surface area contributed by atoms with Crippen LogP contribution in [-0.4, -0.2) is 48.1 Å². The Labute approximate surface area is 184 Å². The molecule has 1 aliphatic rings. The Balaban J connectivity index is 1.60. The van der Waals surface area contributed by atoms with Gasteiger partial charge in [-0.3, -0.25) is 9.59 Å². The van der Waals surface area contributed by atoms with Crippen molar-refractivity contribution in [3.05, 3.63) is 47.7 Å². The third-order valence-corrected chi connectivity index (χ3v) is 5.81. The van der Waals surface area contributed by atoms with E-state index in [1.165, 1.54) is 0 Å². The van der Waals surface area contributed by atoms with Crippen molar-refractivity contribution in [2.24, 2.45) is 5.92 Å². The summed E-state index contributed by atoms with van der Waals surface area (Å²) in [6.45, 7) is 5.17. The number of amides is 2. The second-order valence-corrected chi connectivity index (χ2v) is 8.24. The number of ether oxygens (including phenoxy) is 1. The maximum Gasteiger partial charge on any atom is 0.286 e. The lowest BCUT2D eigenvalue weighted by atomic mass is 10.1. The fourth-order valence-electron chi connectivity index (χ4n) is 4.17. The van der Waals surface area contributed by atoms with E-state index in [0.717, 1.165) is 50.8 Å². The normalized spacial score (nSPS) is 14.1. The van der Waals surface area contributed by atoms with Crippen LogP contribution in [0.25, 0.3) is 0 Å². The minimum atomic E-state index is -0.216. The van der Waals surface area contributed by atoms with Gasteiger partial charge in [-0.2, -0.15) is 0 Å². The van der Waals surface area contributed by atoms with Gasteiger partial charge >= 0.3 is 0 Å². The van der Waals surface area contributed by atoms with Gasteiger partial charge in [-0.25, -0.2) is 0 Å². The lowest BCUT2D eigenvalue weighted by Crippen LogP contribution is -2.36. The molecule has 1 N–H and O–H groups in total. The molecule has 2 heterocycles. The van der Waals surface area contributed by atoms with E-state index in [1.807, 2.05) is 23.2 Å². The number of carbonyl (C=O) groups excluding carboxylic acids is 2. The Morgan fingerprint density at radius 3 is 2.81 bits per heavy atom. The molecule has 1 fully saturated rings. The summed E-state index contributed by atoms with van der Waals surface area (Å²) in [5, 5.41) is 2.83. The summed E-state index contributed by atoms with van der Waals surface area (Å²) in [4.78, 5) is 27.2. The molecule has 170 valence electrons. The molecule has 0 saturated heterocycles. The lowest BCUT2D eigenvalue weighted by molar-refractivity contribution is -0.136. The fraction of sp³-hybridized carbons (Fsp3) is 0.583. The molecule has 0 atom stereocenters. The van der Waals surface area contributed by atoms with Crippen LogP contribution in [0.1, 0.15) is 67.5 Å². The highest BCUT2D eigenvalue weighted by Gasteiger charge is 2.27. The summed E-state index contributed by atoms with van der Waals surface area (Å²) < 4.78 is 12.8. The van der Waals surface area contributed by atoms with Gasteiger partial charge in [0, 0.05) is 44.6 Å². The molecule has 0 bridgehead atoms. The number of aromatic nitrogens is 1. The van der Waals surface area contributed by atoms with Gasteiger partial charge in [0.2, 0.25) is 5.91 Å². The summed E-state index contributed by atoms with van der Waals surface area (Å²) in [7, 11) is 1.64. The van der Waals surface area contributed by atoms with Crippen LogP contribution >= 0.6 is 0 Å². The molecule has 1 saturated carbocycles.